The van der Waals surface area contributed by atoms with Gasteiger partial charge in [-0.15, -0.1) is 0 Å². The molecule has 0 saturated carbocycles. The average Bonchev–Trinajstić information content (AvgIpc) is 2.81. The van der Waals surface area contributed by atoms with Crippen molar-refractivity contribution in [2.75, 3.05) is 13.1 Å². The lowest BCUT2D eigenvalue weighted by Crippen LogP contribution is -2.40. The number of carbonyl (C=O) groups excluding carboxylic acids is 2. The quantitative estimate of drug-likeness (QED) is 0.867. The van der Waals surface area contributed by atoms with Gasteiger partial charge in [0.05, 0.1) is 0 Å². The van der Waals surface area contributed by atoms with Crippen molar-refractivity contribution >= 4 is 27.9 Å². The highest BCUT2D eigenvalue weighted by Crippen LogP contribution is 2.18. The van der Waals surface area contributed by atoms with Gasteiger partial charge in [0.15, 0.2) is 0 Å². The standard InChI is InChI=1S/C13H16BrN3O2/c1-8-2-3-9(6-11(8)14)12(18)16-10-4-5-17(7-10)13(15)19/h2-3,6,10H,4-5,7H2,1H3,(H2,15,19)(H,16,18)/t10-/m0/s1. The van der Waals surface area contributed by atoms with Crippen molar-refractivity contribution in [3.8, 4) is 0 Å². The van der Waals surface area contributed by atoms with Crippen LogP contribution in [0, 0.1) is 6.92 Å². The molecule has 1 fully saturated rings. The Hall–Kier alpha value is -1.56. The number of hydrogen-bond donors (Lipinski definition) is 2. The molecule has 102 valence electrons. The molecule has 0 aliphatic carbocycles. The first kappa shape index (κ1) is 13.9. The maximum atomic E-state index is 12.1. The van der Waals surface area contributed by atoms with Crippen LogP contribution in [-0.2, 0) is 0 Å². The summed E-state index contributed by atoms with van der Waals surface area (Å²) in [5.41, 5.74) is 6.89. The molecular formula is C13H16BrN3O2. The fourth-order valence-corrected chi connectivity index (χ4v) is 2.46. The number of nitrogens with zero attached hydrogens (tertiary/aromatic N) is 1. The molecule has 19 heavy (non-hydrogen) atoms. The molecule has 0 bridgehead atoms. The second-order valence-corrected chi connectivity index (χ2v) is 5.56. The predicted octanol–water partition coefficient (Wildman–Crippen LogP) is 1.64. The smallest absolute Gasteiger partial charge is 0.314 e. The molecule has 2 rings (SSSR count). The maximum absolute atomic E-state index is 12.1. The molecule has 1 atom stereocenters. The van der Waals surface area contributed by atoms with Gasteiger partial charge in [-0.3, -0.25) is 4.79 Å². The summed E-state index contributed by atoms with van der Waals surface area (Å²) in [5, 5.41) is 2.92. The van der Waals surface area contributed by atoms with Crippen LogP contribution in [0.25, 0.3) is 0 Å². The number of halogens is 1. The van der Waals surface area contributed by atoms with Gasteiger partial charge in [-0.1, -0.05) is 22.0 Å². The predicted molar refractivity (Wildman–Crippen MR) is 75.9 cm³/mol. The van der Waals surface area contributed by atoms with Gasteiger partial charge < -0.3 is 16.0 Å². The van der Waals surface area contributed by atoms with Crippen molar-refractivity contribution in [3.05, 3.63) is 33.8 Å². The Morgan fingerprint density at radius 1 is 1.47 bits per heavy atom. The molecule has 1 aromatic carbocycles. The number of primary amides is 1. The van der Waals surface area contributed by atoms with Gasteiger partial charge in [-0.25, -0.2) is 4.79 Å². The molecule has 1 heterocycles. The van der Waals surface area contributed by atoms with Crippen LogP contribution in [0.1, 0.15) is 22.3 Å². The Balaban J connectivity index is 1.98. The van der Waals surface area contributed by atoms with Crippen LogP contribution >= 0.6 is 15.9 Å². The van der Waals surface area contributed by atoms with E-state index in [2.05, 4.69) is 21.2 Å². The first-order valence-electron chi connectivity index (χ1n) is 6.09. The van der Waals surface area contributed by atoms with Crippen LogP contribution in [0.5, 0.6) is 0 Å². The minimum absolute atomic E-state index is 0.0277. The van der Waals surface area contributed by atoms with Gasteiger partial charge in [-0.05, 0) is 31.0 Å². The number of amides is 3. The minimum atomic E-state index is -0.435. The molecule has 3 amide bonds. The summed E-state index contributed by atoms with van der Waals surface area (Å²) in [6.07, 6.45) is 0.738. The maximum Gasteiger partial charge on any atom is 0.314 e. The zero-order chi connectivity index (χ0) is 14.0. The number of urea groups is 1. The van der Waals surface area contributed by atoms with E-state index in [1.165, 1.54) is 4.90 Å². The van der Waals surface area contributed by atoms with Crippen LogP contribution in [0.4, 0.5) is 4.79 Å². The molecule has 0 aromatic heterocycles. The fraction of sp³-hybridized carbons (Fsp3) is 0.385. The van der Waals surface area contributed by atoms with Gasteiger partial charge in [0.25, 0.3) is 5.91 Å². The summed E-state index contributed by atoms with van der Waals surface area (Å²) < 4.78 is 0.908. The summed E-state index contributed by atoms with van der Waals surface area (Å²) in [5.74, 6) is -0.128. The highest BCUT2D eigenvalue weighted by Gasteiger charge is 2.26. The van der Waals surface area contributed by atoms with Crippen molar-refractivity contribution in [2.24, 2.45) is 5.73 Å². The SMILES string of the molecule is Cc1ccc(C(=O)N[C@H]2CCN(C(N)=O)C2)cc1Br. The highest BCUT2D eigenvalue weighted by molar-refractivity contribution is 9.10. The topological polar surface area (TPSA) is 75.4 Å². The van der Waals surface area contributed by atoms with E-state index in [0.29, 0.717) is 18.7 Å². The lowest BCUT2D eigenvalue weighted by molar-refractivity contribution is 0.0938. The number of hydrogen-bond acceptors (Lipinski definition) is 2. The number of benzene rings is 1. The number of nitrogens with one attached hydrogen (secondary N) is 1. The first-order chi connectivity index (χ1) is 8.97. The van der Waals surface area contributed by atoms with Crippen LogP contribution in [0.2, 0.25) is 0 Å². The zero-order valence-electron chi connectivity index (χ0n) is 10.6. The summed E-state index contributed by atoms with van der Waals surface area (Å²) >= 11 is 3.41. The third-order valence-electron chi connectivity index (χ3n) is 3.27. The van der Waals surface area contributed by atoms with Gasteiger partial charge in [-0.2, -0.15) is 0 Å². The van der Waals surface area contributed by atoms with E-state index in [4.69, 9.17) is 5.73 Å². The van der Waals surface area contributed by atoms with Crippen LogP contribution in [-0.4, -0.2) is 36.0 Å². The molecule has 5 nitrogen and oxygen atoms in total. The normalized spacial score (nSPS) is 18.4. The third-order valence-corrected chi connectivity index (χ3v) is 4.12. The fourth-order valence-electron chi connectivity index (χ4n) is 2.08. The Morgan fingerprint density at radius 3 is 2.79 bits per heavy atom. The zero-order valence-corrected chi connectivity index (χ0v) is 12.2. The van der Waals surface area contributed by atoms with Crippen LogP contribution < -0.4 is 11.1 Å². The number of likely N-dealkylation sites (tertiary alicyclic amines) is 1. The largest absolute Gasteiger partial charge is 0.351 e. The van der Waals surface area contributed by atoms with Crippen molar-refractivity contribution in [1.29, 1.82) is 0 Å². The molecule has 0 unspecified atom stereocenters. The lowest BCUT2D eigenvalue weighted by Gasteiger charge is -2.15. The molecular weight excluding hydrogens is 310 g/mol. The second-order valence-electron chi connectivity index (χ2n) is 4.71. The minimum Gasteiger partial charge on any atom is -0.351 e. The molecule has 1 aliphatic rings. The van der Waals surface area contributed by atoms with Crippen molar-refractivity contribution in [3.63, 3.8) is 0 Å². The number of carbonyl (C=O) groups is 2. The molecule has 1 aromatic rings. The average molecular weight is 326 g/mol. The van der Waals surface area contributed by atoms with E-state index in [9.17, 15) is 9.59 Å². The molecule has 0 radical (unpaired) electrons. The number of nitrogens with two attached hydrogens (primary N) is 1. The van der Waals surface area contributed by atoms with E-state index >= 15 is 0 Å². The Kier molecular flexibility index (Phi) is 4.09. The molecule has 1 saturated heterocycles. The first-order valence-corrected chi connectivity index (χ1v) is 6.88. The van der Waals surface area contributed by atoms with Gasteiger partial charge in [0.1, 0.15) is 0 Å². The van der Waals surface area contributed by atoms with Gasteiger partial charge in [0, 0.05) is 29.2 Å². The summed E-state index contributed by atoms with van der Waals surface area (Å²) in [7, 11) is 0. The molecule has 6 heteroatoms. The van der Waals surface area contributed by atoms with Crippen molar-refractivity contribution in [2.45, 2.75) is 19.4 Å². The summed E-state index contributed by atoms with van der Waals surface area (Å²) in [6.45, 7) is 3.04. The van der Waals surface area contributed by atoms with E-state index in [1.807, 2.05) is 13.0 Å². The van der Waals surface area contributed by atoms with Crippen molar-refractivity contribution < 1.29 is 9.59 Å². The van der Waals surface area contributed by atoms with E-state index in [0.717, 1.165) is 16.5 Å². The second kappa shape index (κ2) is 5.61. The highest BCUT2D eigenvalue weighted by atomic mass is 79.9. The van der Waals surface area contributed by atoms with E-state index in [-0.39, 0.29) is 11.9 Å². The van der Waals surface area contributed by atoms with Crippen LogP contribution in [0.15, 0.2) is 22.7 Å². The molecule has 3 N–H and O–H groups in total. The number of rotatable bonds is 2. The summed E-state index contributed by atoms with van der Waals surface area (Å²) in [6, 6.07) is 5.01. The Bertz CT molecular complexity index is 519. The lowest BCUT2D eigenvalue weighted by atomic mass is 10.1. The third kappa shape index (κ3) is 3.26. The van der Waals surface area contributed by atoms with Gasteiger partial charge >= 0.3 is 6.03 Å². The van der Waals surface area contributed by atoms with E-state index < -0.39 is 6.03 Å². The van der Waals surface area contributed by atoms with Crippen LogP contribution in [0.3, 0.4) is 0 Å². The number of aryl methyl sites for hydroxylation is 1. The van der Waals surface area contributed by atoms with Gasteiger partial charge in [0.2, 0.25) is 0 Å². The molecule has 1 aliphatic heterocycles. The summed E-state index contributed by atoms with van der Waals surface area (Å²) in [4.78, 5) is 24.6. The van der Waals surface area contributed by atoms with Crippen molar-refractivity contribution in [1.82, 2.24) is 10.2 Å². The van der Waals surface area contributed by atoms with E-state index in [1.54, 1.807) is 12.1 Å². The Morgan fingerprint density at radius 2 is 2.21 bits per heavy atom. The Labute approximate surface area is 120 Å². The monoisotopic (exact) mass is 325 g/mol. The molecule has 0 spiro atoms.